The van der Waals surface area contributed by atoms with E-state index in [1.54, 1.807) is 0 Å². The van der Waals surface area contributed by atoms with Gasteiger partial charge < -0.3 is 51.0 Å². The van der Waals surface area contributed by atoms with Gasteiger partial charge in [-0.2, -0.15) is 9.97 Å². The van der Waals surface area contributed by atoms with Gasteiger partial charge in [0.25, 0.3) is 5.56 Å². The van der Waals surface area contributed by atoms with Gasteiger partial charge in [-0.05, 0) is 6.07 Å². The molecule has 0 aromatic carbocycles. The van der Waals surface area contributed by atoms with Crippen LogP contribution in [0.5, 0.6) is 0 Å². The molecule has 1 unspecified atom stereocenters. The monoisotopic (exact) mass is 602 g/mol. The van der Waals surface area contributed by atoms with Gasteiger partial charge >= 0.3 is 13.3 Å². The van der Waals surface area contributed by atoms with Gasteiger partial charge in [-0.1, -0.05) is 0 Å². The molecular formula is C20H27N8O12P. The smallest absolute Gasteiger partial charge is 0.354 e. The summed E-state index contributed by atoms with van der Waals surface area (Å²) >= 11 is 0. The summed E-state index contributed by atoms with van der Waals surface area (Å²) in [5.74, 6) is -0.306. The molecular weight excluding hydrogens is 575 g/mol. The number of nitrogens with zero attached hydrogens (tertiary/aromatic N) is 5. The predicted octanol–water partition coefficient (Wildman–Crippen LogP) is -4.04. The van der Waals surface area contributed by atoms with Crippen LogP contribution in [0.25, 0.3) is 11.2 Å². The highest BCUT2D eigenvalue weighted by atomic mass is 31.2. The number of nitrogens with two attached hydrogens (primary N) is 2. The average Bonchev–Trinajstić information content (AvgIpc) is 3.54. The fourth-order valence-corrected chi connectivity index (χ4v) is 5.56. The first-order valence-corrected chi connectivity index (χ1v) is 13.8. The van der Waals surface area contributed by atoms with Crippen LogP contribution >= 0.6 is 7.60 Å². The zero-order valence-corrected chi connectivity index (χ0v) is 21.8. The van der Waals surface area contributed by atoms with Crippen LogP contribution in [0, 0.1) is 0 Å². The number of hydrogen-bond acceptors (Lipinski definition) is 16. The summed E-state index contributed by atoms with van der Waals surface area (Å²) in [5.41, 5.74) is 9.36. The lowest BCUT2D eigenvalue weighted by Gasteiger charge is -2.24. The van der Waals surface area contributed by atoms with Crippen LogP contribution in [0.2, 0.25) is 0 Å². The first kappa shape index (κ1) is 29.2. The Hall–Kier alpha value is -3.30. The van der Waals surface area contributed by atoms with Crippen molar-refractivity contribution in [2.75, 3.05) is 31.0 Å². The van der Waals surface area contributed by atoms with Crippen molar-refractivity contribution in [3.8, 4) is 0 Å². The molecule has 5 rings (SSSR count). The van der Waals surface area contributed by atoms with Crippen molar-refractivity contribution in [1.82, 2.24) is 29.1 Å². The molecule has 0 bridgehead atoms. The Balaban J connectivity index is 1.27. The second-order valence-electron chi connectivity index (χ2n) is 9.31. The Morgan fingerprint density at radius 3 is 2.49 bits per heavy atom. The number of aromatic nitrogens is 6. The highest BCUT2D eigenvalue weighted by Crippen LogP contribution is 2.48. The number of H-pyrrole nitrogens is 1. The summed E-state index contributed by atoms with van der Waals surface area (Å²) in [4.78, 5) is 48.4. The van der Waals surface area contributed by atoms with Crippen molar-refractivity contribution in [3.05, 3.63) is 39.4 Å². The van der Waals surface area contributed by atoms with Gasteiger partial charge in [-0.15, -0.1) is 0 Å². The Morgan fingerprint density at radius 2 is 1.78 bits per heavy atom. The van der Waals surface area contributed by atoms with Crippen LogP contribution in [-0.4, -0.2) is 111 Å². The van der Waals surface area contributed by atoms with Crippen LogP contribution in [0.4, 0.5) is 11.8 Å². The van der Waals surface area contributed by atoms with Crippen LogP contribution in [-0.2, 0) is 23.3 Å². The number of aliphatic hydroxyl groups excluding tert-OH is 4. The Bertz CT molecular complexity index is 1580. The third kappa shape index (κ3) is 5.62. The Labute approximate surface area is 228 Å². The van der Waals surface area contributed by atoms with E-state index in [0.29, 0.717) is 0 Å². The number of hydrogen-bond donors (Lipinski definition) is 8. The molecule has 2 fully saturated rings. The molecule has 2 saturated heterocycles. The largest absolute Gasteiger partial charge is 0.394 e. The number of nitrogens with one attached hydrogen (secondary N) is 1. The summed E-state index contributed by atoms with van der Waals surface area (Å²) in [6.07, 6.45) is -10.1. The number of ether oxygens (including phenoxy) is 3. The first-order chi connectivity index (χ1) is 19.4. The molecule has 9 atom stereocenters. The van der Waals surface area contributed by atoms with Crippen molar-refractivity contribution in [1.29, 1.82) is 0 Å². The molecule has 20 nitrogen and oxygen atoms in total. The summed E-state index contributed by atoms with van der Waals surface area (Å²) in [6, 6.07) is 1.29. The molecule has 21 heteroatoms. The summed E-state index contributed by atoms with van der Waals surface area (Å²) < 4.78 is 36.7. The molecule has 224 valence electrons. The second-order valence-corrected chi connectivity index (χ2v) is 11.1. The van der Waals surface area contributed by atoms with Gasteiger partial charge in [0.2, 0.25) is 5.95 Å². The molecule has 0 radical (unpaired) electrons. The summed E-state index contributed by atoms with van der Waals surface area (Å²) in [6.45, 7) is -1.19. The number of fused-ring (bicyclic) bond motifs is 1. The van der Waals surface area contributed by atoms with E-state index in [1.165, 1.54) is 12.3 Å². The highest BCUT2D eigenvalue weighted by molar-refractivity contribution is 7.52. The molecule has 0 aliphatic carbocycles. The van der Waals surface area contributed by atoms with E-state index in [0.717, 1.165) is 15.5 Å². The second kappa shape index (κ2) is 11.2. The van der Waals surface area contributed by atoms with Gasteiger partial charge in [-0.25, -0.2) is 9.78 Å². The lowest BCUT2D eigenvalue weighted by molar-refractivity contribution is -0.0664. The summed E-state index contributed by atoms with van der Waals surface area (Å²) in [7, 11) is -4.68. The third-order valence-electron chi connectivity index (χ3n) is 6.50. The van der Waals surface area contributed by atoms with Crippen LogP contribution in [0.3, 0.4) is 0 Å². The molecule has 2 aliphatic heterocycles. The number of rotatable bonds is 9. The molecule has 0 saturated carbocycles. The van der Waals surface area contributed by atoms with E-state index >= 15 is 0 Å². The van der Waals surface area contributed by atoms with Crippen molar-refractivity contribution in [2.45, 2.75) is 49.1 Å². The normalized spacial score (nSPS) is 31.5. The number of anilines is 2. The highest BCUT2D eigenvalue weighted by Gasteiger charge is 2.49. The third-order valence-corrected chi connectivity index (χ3v) is 7.59. The minimum absolute atomic E-state index is 0.0570. The van der Waals surface area contributed by atoms with Crippen molar-refractivity contribution < 1.29 is 48.6 Å². The summed E-state index contributed by atoms with van der Waals surface area (Å²) in [5, 5.41) is 41.0. The quantitative estimate of drug-likeness (QED) is 0.108. The number of aliphatic hydroxyl groups is 4. The zero-order valence-electron chi connectivity index (χ0n) is 20.9. The van der Waals surface area contributed by atoms with E-state index in [1.807, 2.05) is 0 Å². The van der Waals surface area contributed by atoms with Crippen LogP contribution in [0.15, 0.2) is 28.2 Å². The van der Waals surface area contributed by atoms with E-state index in [4.69, 9.17) is 30.2 Å². The minimum Gasteiger partial charge on any atom is -0.394 e. The fourth-order valence-electron chi connectivity index (χ4n) is 4.56. The minimum atomic E-state index is -4.68. The number of nitrogen functional groups attached to an aromatic ring is 2. The van der Waals surface area contributed by atoms with Crippen molar-refractivity contribution >= 4 is 30.5 Å². The molecule has 0 amide bonds. The van der Waals surface area contributed by atoms with E-state index in [-0.39, 0.29) is 22.9 Å². The van der Waals surface area contributed by atoms with Crippen molar-refractivity contribution in [2.24, 2.45) is 0 Å². The molecule has 2 aliphatic rings. The van der Waals surface area contributed by atoms with Gasteiger partial charge in [0.1, 0.15) is 48.8 Å². The maximum absolute atomic E-state index is 12.9. The maximum Gasteiger partial charge on any atom is 0.354 e. The molecule has 41 heavy (non-hydrogen) atoms. The van der Waals surface area contributed by atoms with Crippen LogP contribution < -0.4 is 22.7 Å². The molecule has 3 aromatic heterocycles. The van der Waals surface area contributed by atoms with Gasteiger partial charge in [0, 0.05) is 6.20 Å². The number of aromatic amines is 1. The standard InChI is InChI=1S/C20H27N8O12P/c21-9-1-2-27(20(34)24-9)17-13(32)11(30)8(39-17)4-37-6-41(35,36)40-14-12(31)7(3-29)38-18(14)28-5-23-10-15(28)25-19(22)26-16(10)33/h1-2,5,7-8,11-14,17-18,29-32H,3-4,6H2,(H,35,36)(H2,21,24,34)(H3,22,25,26,33)/t7-,8-,11-,12-,13-,14-,17-,18-/m1/s1. The number of imidazole rings is 1. The van der Waals surface area contributed by atoms with Crippen molar-refractivity contribution in [3.63, 3.8) is 0 Å². The fraction of sp³-hybridized carbons (Fsp3) is 0.550. The van der Waals surface area contributed by atoms with E-state index in [2.05, 4.69) is 19.9 Å². The predicted molar refractivity (Wildman–Crippen MR) is 134 cm³/mol. The molecule has 3 aromatic rings. The zero-order chi connectivity index (χ0) is 29.6. The molecule has 0 spiro atoms. The SMILES string of the molecule is Nc1ccn([C@@H]2O[C@H](COCP(=O)(O)O[C@@H]3[C@H](O)[C@@H](CO)O[C@H]3n3cnc4c(=O)[nH]c(N)nc43)[C@@H](O)[C@H]2O)c(=O)n1. The average molecular weight is 602 g/mol. The Morgan fingerprint density at radius 1 is 1.05 bits per heavy atom. The lowest BCUT2D eigenvalue weighted by atomic mass is 10.1. The van der Waals surface area contributed by atoms with Gasteiger partial charge in [0.05, 0.1) is 19.5 Å². The van der Waals surface area contributed by atoms with Gasteiger partial charge in [0.15, 0.2) is 23.6 Å². The lowest BCUT2D eigenvalue weighted by Crippen LogP contribution is -2.36. The first-order valence-electron chi connectivity index (χ1n) is 12.0. The van der Waals surface area contributed by atoms with Gasteiger partial charge in [-0.3, -0.25) is 28.0 Å². The topological polar surface area (TPSA) is 306 Å². The van der Waals surface area contributed by atoms with Crippen LogP contribution in [0.1, 0.15) is 12.5 Å². The Kier molecular flexibility index (Phi) is 7.96. The van der Waals surface area contributed by atoms with E-state index in [9.17, 15) is 39.5 Å². The molecule has 10 N–H and O–H groups in total. The van der Waals surface area contributed by atoms with E-state index < -0.39 is 87.5 Å². The maximum atomic E-state index is 12.9. The molecule has 5 heterocycles.